The third-order valence-corrected chi connectivity index (χ3v) is 6.20. The minimum absolute atomic E-state index is 0.516. The van der Waals surface area contributed by atoms with Crippen LogP contribution in [0.25, 0.3) is 10.2 Å². The van der Waals surface area contributed by atoms with Crippen LogP contribution in [0.3, 0.4) is 0 Å². The second-order valence-electron chi connectivity index (χ2n) is 6.88. The van der Waals surface area contributed by atoms with E-state index >= 15 is 0 Å². The van der Waals surface area contributed by atoms with Gasteiger partial charge in [0.25, 0.3) is 0 Å². The summed E-state index contributed by atoms with van der Waals surface area (Å²) in [6.07, 6.45) is 4.49. The van der Waals surface area contributed by atoms with Crippen LogP contribution in [0.5, 0.6) is 5.88 Å². The number of fused-ring (bicyclic) bond motifs is 2. The number of benzene rings is 1. The molecule has 1 atom stereocenters. The Bertz CT molecular complexity index is 876. The highest BCUT2D eigenvalue weighted by molar-refractivity contribution is 7.22. The first-order chi connectivity index (χ1) is 12.3. The van der Waals surface area contributed by atoms with Crippen molar-refractivity contribution in [2.75, 3.05) is 24.6 Å². The van der Waals surface area contributed by atoms with Gasteiger partial charge in [0, 0.05) is 25.1 Å². The van der Waals surface area contributed by atoms with E-state index in [4.69, 9.17) is 9.72 Å². The standard InChI is InChI=1S/C19H20N4OS/c1-2-7-17-16(5-1)20-19(25-17)23-9-8-13(11-23)12-24-18-10-14-4-3-6-15(14)21-22-18/h1-2,5,7,10,13H,3-4,6,8-9,11-12H2. The number of nitrogens with zero attached hydrogens (tertiary/aromatic N) is 4. The molecule has 3 aromatic rings. The quantitative estimate of drug-likeness (QED) is 0.719. The lowest BCUT2D eigenvalue weighted by Crippen LogP contribution is -2.21. The fourth-order valence-corrected chi connectivity index (χ4v) is 4.72. The Hall–Kier alpha value is -2.21. The van der Waals surface area contributed by atoms with Crippen LogP contribution in [0.2, 0.25) is 0 Å². The van der Waals surface area contributed by atoms with Gasteiger partial charge in [0.1, 0.15) is 0 Å². The second kappa shape index (κ2) is 6.26. The van der Waals surface area contributed by atoms with E-state index in [1.807, 2.05) is 6.07 Å². The van der Waals surface area contributed by atoms with Crippen molar-refractivity contribution in [3.8, 4) is 5.88 Å². The average molecular weight is 352 g/mol. The summed E-state index contributed by atoms with van der Waals surface area (Å²) in [7, 11) is 0. The fraction of sp³-hybridized carbons (Fsp3) is 0.421. The molecule has 5 rings (SSSR count). The Labute approximate surface area is 150 Å². The van der Waals surface area contributed by atoms with E-state index in [1.165, 1.54) is 16.7 Å². The van der Waals surface area contributed by atoms with Crippen molar-refractivity contribution in [3.05, 3.63) is 41.6 Å². The third kappa shape index (κ3) is 2.95. The van der Waals surface area contributed by atoms with Crippen molar-refractivity contribution < 1.29 is 4.74 Å². The molecule has 1 fully saturated rings. The Morgan fingerprint density at radius 2 is 2.16 bits per heavy atom. The van der Waals surface area contributed by atoms with Gasteiger partial charge in [0.15, 0.2) is 5.13 Å². The number of aromatic nitrogens is 3. The topological polar surface area (TPSA) is 51.1 Å². The number of aryl methyl sites for hydroxylation is 2. The Kier molecular flexibility index (Phi) is 3.77. The van der Waals surface area contributed by atoms with Crippen LogP contribution in [-0.4, -0.2) is 34.9 Å². The minimum Gasteiger partial charge on any atom is -0.476 e. The number of para-hydroxylation sites is 1. The lowest BCUT2D eigenvalue weighted by molar-refractivity contribution is 0.249. The average Bonchev–Trinajstić information content (AvgIpc) is 3.37. The minimum atomic E-state index is 0.516. The second-order valence-corrected chi connectivity index (χ2v) is 7.89. The number of rotatable bonds is 4. The van der Waals surface area contributed by atoms with Gasteiger partial charge in [-0.2, -0.15) is 5.10 Å². The zero-order chi connectivity index (χ0) is 16.6. The summed E-state index contributed by atoms with van der Waals surface area (Å²) in [6.45, 7) is 2.75. The molecule has 1 aliphatic carbocycles. The maximum Gasteiger partial charge on any atom is 0.233 e. The van der Waals surface area contributed by atoms with Gasteiger partial charge in [0.05, 0.1) is 22.5 Å². The molecule has 1 saturated heterocycles. The molecule has 5 nitrogen and oxygen atoms in total. The van der Waals surface area contributed by atoms with Gasteiger partial charge in [0.2, 0.25) is 5.88 Å². The van der Waals surface area contributed by atoms with Crippen LogP contribution in [0.1, 0.15) is 24.1 Å². The molecule has 0 saturated carbocycles. The zero-order valence-electron chi connectivity index (χ0n) is 14.0. The molecule has 3 heterocycles. The van der Waals surface area contributed by atoms with Crippen LogP contribution in [0.15, 0.2) is 30.3 Å². The Morgan fingerprint density at radius 1 is 1.20 bits per heavy atom. The summed E-state index contributed by atoms with van der Waals surface area (Å²) >= 11 is 1.78. The maximum absolute atomic E-state index is 5.94. The Morgan fingerprint density at radius 3 is 3.12 bits per heavy atom. The van der Waals surface area contributed by atoms with Gasteiger partial charge >= 0.3 is 0 Å². The molecule has 2 aliphatic rings. The monoisotopic (exact) mass is 352 g/mol. The van der Waals surface area contributed by atoms with Crippen molar-refractivity contribution in [1.82, 2.24) is 15.2 Å². The summed E-state index contributed by atoms with van der Waals surface area (Å²) < 4.78 is 7.20. The van der Waals surface area contributed by atoms with Gasteiger partial charge in [-0.05, 0) is 43.4 Å². The van der Waals surface area contributed by atoms with Gasteiger partial charge in [-0.25, -0.2) is 4.98 Å². The molecule has 1 aliphatic heterocycles. The van der Waals surface area contributed by atoms with E-state index in [0.29, 0.717) is 18.4 Å². The van der Waals surface area contributed by atoms with E-state index in [-0.39, 0.29) is 0 Å². The molecule has 0 bridgehead atoms. The van der Waals surface area contributed by atoms with E-state index < -0.39 is 0 Å². The highest BCUT2D eigenvalue weighted by Crippen LogP contribution is 2.32. The van der Waals surface area contributed by atoms with Gasteiger partial charge in [-0.3, -0.25) is 0 Å². The lowest BCUT2D eigenvalue weighted by Gasteiger charge is -2.15. The predicted octanol–water partition coefficient (Wildman–Crippen LogP) is 3.48. The SMILES string of the molecule is c1ccc2sc(N3CCC(COc4cc5c(nn4)CCC5)C3)nc2c1. The number of anilines is 1. The van der Waals surface area contributed by atoms with Crippen LogP contribution >= 0.6 is 11.3 Å². The van der Waals surface area contributed by atoms with Crippen molar-refractivity contribution in [2.45, 2.75) is 25.7 Å². The van der Waals surface area contributed by atoms with Crippen molar-refractivity contribution in [3.63, 3.8) is 0 Å². The molecular formula is C19H20N4OS. The molecule has 6 heteroatoms. The number of hydrogen-bond donors (Lipinski definition) is 0. The predicted molar refractivity (Wildman–Crippen MR) is 99.5 cm³/mol. The van der Waals surface area contributed by atoms with E-state index in [2.05, 4.69) is 39.4 Å². The van der Waals surface area contributed by atoms with Gasteiger partial charge < -0.3 is 9.64 Å². The molecule has 0 radical (unpaired) electrons. The summed E-state index contributed by atoms with van der Waals surface area (Å²) in [5, 5.41) is 9.64. The van der Waals surface area contributed by atoms with Crippen molar-refractivity contribution >= 4 is 26.7 Å². The molecule has 2 aromatic heterocycles. The number of thiazole rings is 1. The van der Waals surface area contributed by atoms with Gasteiger partial charge in [-0.15, -0.1) is 5.10 Å². The molecule has 1 aromatic carbocycles. The highest BCUT2D eigenvalue weighted by atomic mass is 32.1. The van der Waals surface area contributed by atoms with Crippen LogP contribution < -0.4 is 9.64 Å². The zero-order valence-corrected chi connectivity index (χ0v) is 14.8. The van der Waals surface area contributed by atoms with Crippen LogP contribution in [0.4, 0.5) is 5.13 Å². The summed E-state index contributed by atoms with van der Waals surface area (Å²) in [6, 6.07) is 10.4. The summed E-state index contributed by atoms with van der Waals surface area (Å²) in [4.78, 5) is 7.15. The smallest absolute Gasteiger partial charge is 0.233 e. The Balaban J connectivity index is 1.22. The van der Waals surface area contributed by atoms with Crippen LogP contribution in [-0.2, 0) is 12.8 Å². The fourth-order valence-electron chi connectivity index (χ4n) is 3.72. The molecule has 128 valence electrons. The molecular weight excluding hydrogens is 332 g/mol. The lowest BCUT2D eigenvalue weighted by atomic mass is 10.1. The first-order valence-electron chi connectivity index (χ1n) is 8.94. The van der Waals surface area contributed by atoms with E-state index in [0.717, 1.165) is 48.7 Å². The third-order valence-electron chi connectivity index (χ3n) is 5.10. The maximum atomic E-state index is 5.94. The van der Waals surface area contributed by atoms with Gasteiger partial charge in [-0.1, -0.05) is 23.5 Å². The first kappa shape index (κ1) is 15.1. The van der Waals surface area contributed by atoms with E-state index in [1.54, 1.807) is 11.3 Å². The number of ether oxygens (including phenoxy) is 1. The number of hydrogen-bond acceptors (Lipinski definition) is 6. The molecule has 0 N–H and O–H groups in total. The van der Waals surface area contributed by atoms with Crippen molar-refractivity contribution in [1.29, 1.82) is 0 Å². The normalized spacial score (nSPS) is 19.5. The van der Waals surface area contributed by atoms with Crippen LogP contribution in [0, 0.1) is 5.92 Å². The van der Waals surface area contributed by atoms with E-state index in [9.17, 15) is 0 Å². The molecule has 25 heavy (non-hydrogen) atoms. The molecule has 1 unspecified atom stereocenters. The summed E-state index contributed by atoms with van der Waals surface area (Å²) in [5.41, 5.74) is 3.55. The van der Waals surface area contributed by atoms with Crippen molar-refractivity contribution in [2.24, 2.45) is 5.92 Å². The highest BCUT2D eigenvalue weighted by Gasteiger charge is 2.25. The first-order valence-corrected chi connectivity index (χ1v) is 9.75. The largest absolute Gasteiger partial charge is 0.476 e. The molecule has 0 spiro atoms. The summed E-state index contributed by atoms with van der Waals surface area (Å²) in [5.74, 6) is 1.20. The molecule has 0 amide bonds.